The van der Waals surface area contributed by atoms with E-state index in [9.17, 15) is 4.79 Å². The maximum Gasteiger partial charge on any atom is 0.258 e. The first kappa shape index (κ1) is 20.1. The number of carbonyl (C=O) groups excluding carboxylic acids is 1. The number of nitrogens with zero attached hydrogens (tertiary/aromatic N) is 6. The number of aryl methyl sites for hydroxylation is 1. The van der Waals surface area contributed by atoms with Gasteiger partial charge in [-0.25, -0.2) is 4.98 Å². The fourth-order valence-electron chi connectivity index (χ4n) is 4.14. The SMILES string of the molecule is O=C(CCCc1nnc2n3nc(-c4ccccc4)nc3c3ccccc3n12)NCc1ccco1. The number of furan rings is 1. The molecule has 34 heavy (non-hydrogen) atoms. The van der Waals surface area contributed by atoms with E-state index in [-0.39, 0.29) is 5.91 Å². The van der Waals surface area contributed by atoms with Crippen molar-refractivity contribution in [2.75, 3.05) is 0 Å². The van der Waals surface area contributed by atoms with Crippen molar-refractivity contribution in [1.82, 2.24) is 34.5 Å². The molecule has 0 saturated heterocycles. The number of hydrogen-bond acceptors (Lipinski definition) is 6. The number of nitrogens with one attached hydrogen (secondary N) is 1. The summed E-state index contributed by atoms with van der Waals surface area (Å²) in [6, 6.07) is 21.5. The van der Waals surface area contributed by atoms with Crippen LogP contribution in [0, 0.1) is 0 Å². The number of hydrogen-bond donors (Lipinski definition) is 1. The highest BCUT2D eigenvalue weighted by Gasteiger charge is 2.18. The molecule has 6 aromatic rings. The first-order valence-corrected chi connectivity index (χ1v) is 11.1. The lowest BCUT2D eigenvalue weighted by molar-refractivity contribution is -0.121. The van der Waals surface area contributed by atoms with Crippen LogP contribution in [0.15, 0.2) is 77.4 Å². The molecule has 2 aromatic carbocycles. The van der Waals surface area contributed by atoms with E-state index >= 15 is 0 Å². The second-order valence-corrected chi connectivity index (χ2v) is 8.02. The van der Waals surface area contributed by atoms with Crippen LogP contribution < -0.4 is 5.32 Å². The van der Waals surface area contributed by atoms with Crippen LogP contribution in [0.1, 0.15) is 24.4 Å². The summed E-state index contributed by atoms with van der Waals surface area (Å²) in [6.45, 7) is 0.387. The lowest BCUT2D eigenvalue weighted by Crippen LogP contribution is -2.22. The molecule has 9 nitrogen and oxygen atoms in total. The van der Waals surface area contributed by atoms with Crippen LogP contribution in [-0.4, -0.2) is 35.1 Å². The third-order valence-corrected chi connectivity index (χ3v) is 5.77. The minimum atomic E-state index is -0.0266. The van der Waals surface area contributed by atoms with Gasteiger partial charge in [0.05, 0.1) is 18.3 Å². The lowest BCUT2D eigenvalue weighted by Gasteiger charge is -2.07. The molecule has 0 aliphatic carbocycles. The van der Waals surface area contributed by atoms with Gasteiger partial charge in [-0.2, -0.15) is 4.52 Å². The monoisotopic (exact) mass is 451 g/mol. The van der Waals surface area contributed by atoms with Crippen LogP contribution in [0.5, 0.6) is 0 Å². The number of carbonyl (C=O) groups is 1. The Balaban J connectivity index is 1.31. The van der Waals surface area contributed by atoms with Crippen molar-refractivity contribution >= 4 is 28.2 Å². The van der Waals surface area contributed by atoms with Gasteiger partial charge >= 0.3 is 0 Å². The average Bonchev–Trinajstić information content (AvgIpc) is 3.63. The van der Waals surface area contributed by atoms with Crippen molar-refractivity contribution in [1.29, 1.82) is 0 Å². The lowest BCUT2D eigenvalue weighted by atomic mass is 10.2. The number of aromatic nitrogens is 6. The van der Waals surface area contributed by atoms with Crippen LogP contribution >= 0.6 is 0 Å². The summed E-state index contributed by atoms with van der Waals surface area (Å²) in [5, 5.41) is 17.4. The predicted molar refractivity (Wildman–Crippen MR) is 126 cm³/mol. The molecule has 1 N–H and O–H groups in total. The quantitative estimate of drug-likeness (QED) is 0.396. The number of benzene rings is 2. The number of amides is 1. The number of para-hydroxylation sites is 1. The van der Waals surface area contributed by atoms with E-state index < -0.39 is 0 Å². The Labute approximate surface area is 194 Å². The highest BCUT2D eigenvalue weighted by atomic mass is 16.3. The maximum absolute atomic E-state index is 12.2. The largest absolute Gasteiger partial charge is 0.467 e. The van der Waals surface area contributed by atoms with E-state index in [4.69, 9.17) is 14.5 Å². The molecule has 0 fully saturated rings. The van der Waals surface area contributed by atoms with Crippen LogP contribution in [0.3, 0.4) is 0 Å². The van der Waals surface area contributed by atoms with Gasteiger partial charge in [-0.15, -0.1) is 15.3 Å². The number of fused-ring (bicyclic) bond motifs is 6. The minimum Gasteiger partial charge on any atom is -0.467 e. The van der Waals surface area contributed by atoms with Gasteiger partial charge < -0.3 is 9.73 Å². The summed E-state index contributed by atoms with van der Waals surface area (Å²) < 4.78 is 9.01. The first-order chi connectivity index (χ1) is 16.8. The van der Waals surface area contributed by atoms with Gasteiger partial charge in [-0.3, -0.25) is 9.20 Å². The zero-order chi connectivity index (χ0) is 22.9. The second kappa shape index (κ2) is 8.43. The summed E-state index contributed by atoms with van der Waals surface area (Å²) in [5.41, 5.74) is 2.63. The van der Waals surface area contributed by atoms with Crippen LogP contribution in [-0.2, 0) is 17.8 Å². The molecule has 168 valence electrons. The Hall–Kier alpha value is -4.53. The third-order valence-electron chi connectivity index (χ3n) is 5.77. The molecule has 0 aliphatic heterocycles. The predicted octanol–water partition coefficient (Wildman–Crippen LogP) is 3.82. The van der Waals surface area contributed by atoms with Crippen molar-refractivity contribution in [2.24, 2.45) is 0 Å². The van der Waals surface area contributed by atoms with Gasteiger partial charge in [-0.05, 0) is 30.7 Å². The summed E-state index contributed by atoms with van der Waals surface area (Å²) in [4.78, 5) is 17.0. The van der Waals surface area contributed by atoms with Crippen LogP contribution in [0.2, 0.25) is 0 Å². The maximum atomic E-state index is 12.2. The van der Waals surface area contributed by atoms with E-state index in [1.165, 1.54) is 0 Å². The second-order valence-electron chi connectivity index (χ2n) is 8.02. The Kier molecular flexibility index (Phi) is 4.99. The standard InChI is InChI=1S/C25H21N7O2/c33-22(26-16-18-10-7-15-34-18)14-6-13-21-28-29-25-31(21)20-12-5-4-11-19(20)24-27-23(30-32(24)25)17-8-2-1-3-9-17/h1-5,7-12,15H,6,13-14,16H2,(H,26,33). The molecule has 0 spiro atoms. The van der Waals surface area contributed by atoms with Crippen molar-refractivity contribution < 1.29 is 9.21 Å². The molecule has 6 rings (SSSR count). The summed E-state index contributed by atoms with van der Waals surface area (Å²) in [6.07, 6.45) is 3.23. The van der Waals surface area contributed by atoms with Gasteiger partial charge in [-0.1, -0.05) is 42.5 Å². The van der Waals surface area contributed by atoms with Gasteiger partial charge in [0.2, 0.25) is 5.91 Å². The molecule has 4 aromatic heterocycles. The van der Waals surface area contributed by atoms with E-state index in [0.29, 0.717) is 37.4 Å². The summed E-state index contributed by atoms with van der Waals surface area (Å²) in [5.74, 6) is 2.72. The third kappa shape index (κ3) is 3.57. The van der Waals surface area contributed by atoms with Gasteiger partial charge in [0, 0.05) is 23.8 Å². The molecule has 0 bridgehead atoms. The molecule has 0 aliphatic rings. The van der Waals surface area contributed by atoms with Crippen LogP contribution in [0.25, 0.3) is 33.7 Å². The highest BCUT2D eigenvalue weighted by molar-refractivity contribution is 5.94. The molecular formula is C25H21N7O2. The summed E-state index contributed by atoms with van der Waals surface area (Å²) in [7, 11) is 0. The van der Waals surface area contributed by atoms with E-state index in [1.54, 1.807) is 16.8 Å². The fourth-order valence-corrected chi connectivity index (χ4v) is 4.14. The van der Waals surface area contributed by atoms with Crippen molar-refractivity contribution in [3.8, 4) is 11.4 Å². The molecule has 0 saturated carbocycles. The Morgan fingerprint density at radius 3 is 2.68 bits per heavy atom. The zero-order valence-corrected chi connectivity index (χ0v) is 18.3. The van der Waals surface area contributed by atoms with Gasteiger partial charge in [0.1, 0.15) is 11.6 Å². The Morgan fingerprint density at radius 2 is 1.82 bits per heavy atom. The molecule has 4 heterocycles. The molecule has 0 unspecified atom stereocenters. The van der Waals surface area contributed by atoms with Crippen LogP contribution in [0.4, 0.5) is 0 Å². The van der Waals surface area contributed by atoms with E-state index in [1.807, 2.05) is 65.1 Å². The topological polar surface area (TPSA) is 103 Å². The minimum absolute atomic E-state index is 0.0266. The normalized spacial score (nSPS) is 11.5. The smallest absolute Gasteiger partial charge is 0.258 e. The highest BCUT2D eigenvalue weighted by Crippen LogP contribution is 2.25. The van der Waals surface area contributed by atoms with Gasteiger partial charge in [0.15, 0.2) is 11.5 Å². The average molecular weight is 451 g/mol. The molecular weight excluding hydrogens is 430 g/mol. The molecule has 9 heteroatoms. The number of rotatable bonds is 7. The fraction of sp³-hybridized carbons (Fsp3) is 0.160. The molecule has 1 amide bonds. The van der Waals surface area contributed by atoms with E-state index in [2.05, 4.69) is 15.5 Å². The Bertz CT molecular complexity index is 1600. The van der Waals surface area contributed by atoms with Crippen molar-refractivity contribution in [2.45, 2.75) is 25.8 Å². The molecule has 0 atom stereocenters. The summed E-state index contributed by atoms with van der Waals surface area (Å²) >= 11 is 0. The van der Waals surface area contributed by atoms with Gasteiger partial charge in [0.25, 0.3) is 5.78 Å². The van der Waals surface area contributed by atoms with Crippen molar-refractivity contribution in [3.63, 3.8) is 0 Å². The molecule has 0 radical (unpaired) electrons. The van der Waals surface area contributed by atoms with E-state index in [0.717, 1.165) is 33.7 Å². The van der Waals surface area contributed by atoms with Crippen molar-refractivity contribution in [3.05, 3.63) is 84.6 Å². The zero-order valence-electron chi connectivity index (χ0n) is 18.3. The first-order valence-electron chi connectivity index (χ1n) is 11.1. The Morgan fingerprint density at radius 1 is 0.971 bits per heavy atom.